The molecule has 1 heterocycles. The van der Waals surface area contributed by atoms with Crippen molar-refractivity contribution in [1.29, 1.82) is 0 Å². The Morgan fingerprint density at radius 3 is 2.28 bits per heavy atom. The van der Waals surface area contributed by atoms with Crippen LogP contribution in [0.1, 0.15) is 15.9 Å². The van der Waals surface area contributed by atoms with Crippen LogP contribution in [0.4, 0.5) is 4.39 Å². The number of rotatable bonds is 3. The maximum absolute atomic E-state index is 12.7. The molecule has 94 valence electrons. The Balaban J connectivity index is 2.35. The van der Waals surface area contributed by atoms with E-state index in [1.807, 2.05) is 0 Å². The van der Waals surface area contributed by atoms with E-state index in [4.69, 9.17) is 10.7 Å². The molecule has 0 spiro atoms. The number of hydrogen-bond acceptors (Lipinski definition) is 3. The van der Waals surface area contributed by atoms with Gasteiger partial charge in [-0.2, -0.15) is 0 Å². The van der Waals surface area contributed by atoms with E-state index in [9.17, 15) is 17.6 Å². The van der Waals surface area contributed by atoms with E-state index in [2.05, 4.69) is 4.98 Å². The number of H-pyrrole nitrogens is 1. The average molecular weight is 288 g/mol. The van der Waals surface area contributed by atoms with Gasteiger partial charge in [0.25, 0.3) is 9.05 Å². The predicted octanol–water partition coefficient (Wildman–Crippen LogP) is 2.31. The lowest BCUT2D eigenvalue weighted by Gasteiger charge is -1.97. The number of aromatic nitrogens is 1. The molecule has 1 aromatic heterocycles. The standard InChI is InChI=1S/C11H7ClFNO3S/c12-18(16,17)10-5-8(6-14-10)11(15)7-1-3-9(13)4-2-7/h1-6,14H. The summed E-state index contributed by atoms with van der Waals surface area (Å²) in [7, 11) is 1.22. The van der Waals surface area contributed by atoms with Crippen LogP contribution in [0.25, 0.3) is 0 Å². The summed E-state index contributed by atoms with van der Waals surface area (Å²) in [6.45, 7) is 0. The van der Waals surface area contributed by atoms with Gasteiger partial charge in [-0.3, -0.25) is 4.79 Å². The van der Waals surface area contributed by atoms with Crippen molar-refractivity contribution in [2.45, 2.75) is 5.03 Å². The number of nitrogens with one attached hydrogen (secondary N) is 1. The van der Waals surface area contributed by atoms with Gasteiger partial charge in [-0.15, -0.1) is 0 Å². The average Bonchev–Trinajstić information content (AvgIpc) is 2.78. The minimum Gasteiger partial charge on any atom is -0.351 e. The van der Waals surface area contributed by atoms with Crippen molar-refractivity contribution in [2.24, 2.45) is 0 Å². The lowest BCUT2D eigenvalue weighted by Crippen LogP contribution is -1.99. The number of hydrogen-bond donors (Lipinski definition) is 1. The highest BCUT2D eigenvalue weighted by Crippen LogP contribution is 2.17. The molecule has 0 aliphatic carbocycles. The summed E-state index contributed by atoms with van der Waals surface area (Å²) < 4.78 is 34.7. The second-order valence-electron chi connectivity index (χ2n) is 3.53. The molecule has 2 rings (SSSR count). The largest absolute Gasteiger partial charge is 0.351 e. The number of carbonyl (C=O) groups is 1. The number of halogens is 2. The van der Waals surface area contributed by atoms with Gasteiger partial charge in [-0.1, -0.05) is 0 Å². The fourth-order valence-corrected chi connectivity index (χ4v) is 2.15. The van der Waals surface area contributed by atoms with Crippen LogP contribution >= 0.6 is 10.7 Å². The van der Waals surface area contributed by atoms with Crippen LogP contribution in [0.2, 0.25) is 0 Å². The zero-order chi connectivity index (χ0) is 13.3. The third-order valence-electron chi connectivity index (χ3n) is 2.29. The van der Waals surface area contributed by atoms with Crippen molar-refractivity contribution in [3.8, 4) is 0 Å². The van der Waals surface area contributed by atoms with E-state index in [0.29, 0.717) is 0 Å². The summed E-state index contributed by atoms with van der Waals surface area (Å²) in [6, 6.07) is 6.07. The van der Waals surface area contributed by atoms with E-state index in [1.165, 1.54) is 18.3 Å². The summed E-state index contributed by atoms with van der Waals surface area (Å²) in [5.74, 6) is -0.873. The Morgan fingerprint density at radius 1 is 1.17 bits per heavy atom. The number of carbonyl (C=O) groups excluding carboxylic acids is 1. The van der Waals surface area contributed by atoms with Crippen LogP contribution in [0.5, 0.6) is 0 Å². The van der Waals surface area contributed by atoms with E-state index in [1.54, 1.807) is 0 Å². The topological polar surface area (TPSA) is 67.0 Å². The molecule has 0 fully saturated rings. The zero-order valence-electron chi connectivity index (χ0n) is 8.85. The van der Waals surface area contributed by atoms with E-state index in [-0.39, 0.29) is 16.2 Å². The molecule has 1 aromatic carbocycles. The smallest absolute Gasteiger partial charge is 0.276 e. The number of benzene rings is 1. The molecule has 0 unspecified atom stereocenters. The quantitative estimate of drug-likeness (QED) is 0.696. The molecule has 7 heteroatoms. The minimum atomic E-state index is -3.90. The maximum atomic E-state index is 12.7. The molecule has 0 saturated heterocycles. The summed E-state index contributed by atoms with van der Waals surface area (Å²) >= 11 is 0. The molecular weight excluding hydrogens is 281 g/mol. The number of ketones is 1. The van der Waals surface area contributed by atoms with Gasteiger partial charge in [-0.25, -0.2) is 12.8 Å². The Labute approximate surface area is 107 Å². The van der Waals surface area contributed by atoms with Crippen LogP contribution < -0.4 is 0 Å². The van der Waals surface area contributed by atoms with Crippen molar-refractivity contribution < 1.29 is 17.6 Å². The first-order chi connectivity index (χ1) is 8.38. The fraction of sp³-hybridized carbons (Fsp3) is 0. The predicted molar refractivity (Wildman–Crippen MR) is 63.7 cm³/mol. The van der Waals surface area contributed by atoms with Crippen LogP contribution in [0, 0.1) is 5.82 Å². The van der Waals surface area contributed by atoms with Gasteiger partial charge < -0.3 is 4.98 Å². The SMILES string of the molecule is O=C(c1ccc(F)cc1)c1c[nH]c(S(=O)(=O)Cl)c1. The van der Waals surface area contributed by atoms with Gasteiger partial charge >= 0.3 is 0 Å². The first-order valence-electron chi connectivity index (χ1n) is 4.81. The Morgan fingerprint density at radius 2 is 1.78 bits per heavy atom. The van der Waals surface area contributed by atoms with Crippen molar-refractivity contribution in [3.63, 3.8) is 0 Å². The fourth-order valence-electron chi connectivity index (χ4n) is 1.41. The van der Waals surface area contributed by atoms with E-state index in [0.717, 1.165) is 18.2 Å². The van der Waals surface area contributed by atoms with Crippen molar-refractivity contribution >= 4 is 25.5 Å². The molecule has 1 N–H and O–H groups in total. The lowest BCUT2D eigenvalue weighted by atomic mass is 10.1. The lowest BCUT2D eigenvalue weighted by molar-refractivity contribution is 0.103. The molecule has 0 atom stereocenters. The van der Waals surface area contributed by atoms with Crippen LogP contribution in [0.3, 0.4) is 0 Å². The van der Waals surface area contributed by atoms with Gasteiger partial charge in [0, 0.05) is 28.0 Å². The molecular formula is C11H7ClFNO3S. The summed E-state index contributed by atoms with van der Waals surface area (Å²) in [5, 5.41) is -0.255. The van der Waals surface area contributed by atoms with Gasteiger partial charge in [0.05, 0.1) is 0 Å². The molecule has 0 aliphatic rings. The second kappa shape index (κ2) is 4.55. The second-order valence-corrected chi connectivity index (χ2v) is 6.06. The first kappa shape index (κ1) is 12.8. The van der Waals surface area contributed by atoms with Crippen LogP contribution in [0.15, 0.2) is 41.6 Å². The zero-order valence-corrected chi connectivity index (χ0v) is 10.4. The van der Waals surface area contributed by atoms with Crippen molar-refractivity contribution in [1.82, 2.24) is 4.98 Å². The van der Waals surface area contributed by atoms with Gasteiger partial charge in [0.2, 0.25) is 0 Å². The molecule has 0 saturated carbocycles. The monoisotopic (exact) mass is 287 g/mol. The molecule has 4 nitrogen and oxygen atoms in total. The summed E-state index contributed by atoms with van der Waals surface area (Å²) in [6.07, 6.45) is 1.24. The normalized spacial score (nSPS) is 11.4. The third-order valence-corrected chi connectivity index (χ3v) is 3.55. The van der Waals surface area contributed by atoms with E-state index < -0.39 is 20.7 Å². The summed E-state index contributed by atoms with van der Waals surface area (Å²) in [4.78, 5) is 14.3. The molecule has 18 heavy (non-hydrogen) atoms. The Hall–Kier alpha value is -1.66. The minimum absolute atomic E-state index is 0.140. The molecule has 0 radical (unpaired) electrons. The highest BCUT2D eigenvalue weighted by molar-refractivity contribution is 8.13. The van der Waals surface area contributed by atoms with Gasteiger partial charge in [-0.05, 0) is 30.3 Å². The maximum Gasteiger partial charge on any atom is 0.276 e. The highest BCUT2D eigenvalue weighted by atomic mass is 35.7. The van der Waals surface area contributed by atoms with Gasteiger partial charge in [0.1, 0.15) is 10.8 Å². The molecule has 0 amide bonds. The summed E-state index contributed by atoms with van der Waals surface area (Å²) in [5.41, 5.74) is 0.398. The Kier molecular flexibility index (Phi) is 3.23. The van der Waals surface area contributed by atoms with Crippen LogP contribution in [-0.4, -0.2) is 19.2 Å². The third kappa shape index (κ3) is 2.60. The molecule has 0 bridgehead atoms. The highest BCUT2D eigenvalue weighted by Gasteiger charge is 2.17. The van der Waals surface area contributed by atoms with Gasteiger partial charge in [0.15, 0.2) is 5.78 Å². The van der Waals surface area contributed by atoms with Crippen LogP contribution in [-0.2, 0) is 9.05 Å². The van der Waals surface area contributed by atoms with Crippen molar-refractivity contribution in [2.75, 3.05) is 0 Å². The number of aromatic amines is 1. The first-order valence-corrected chi connectivity index (χ1v) is 7.12. The molecule has 0 aliphatic heterocycles. The van der Waals surface area contributed by atoms with E-state index >= 15 is 0 Å². The molecule has 2 aromatic rings. The Bertz CT molecular complexity index is 691. The van der Waals surface area contributed by atoms with Crippen molar-refractivity contribution in [3.05, 3.63) is 53.5 Å².